The van der Waals surface area contributed by atoms with Gasteiger partial charge in [0.2, 0.25) is 5.91 Å². The van der Waals surface area contributed by atoms with Crippen LogP contribution in [-0.2, 0) is 11.2 Å². The average molecular weight is 292 g/mol. The van der Waals surface area contributed by atoms with E-state index in [4.69, 9.17) is 9.47 Å². The molecule has 1 aliphatic rings. The van der Waals surface area contributed by atoms with Crippen LogP contribution in [0.15, 0.2) is 18.2 Å². The third-order valence-corrected chi connectivity index (χ3v) is 3.92. The van der Waals surface area contributed by atoms with Gasteiger partial charge in [-0.25, -0.2) is 0 Å². The molecule has 0 saturated carbocycles. The Balaban J connectivity index is 2.00. The Morgan fingerprint density at radius 3 is 2.86 bits per heavy atom. The van der Waals surface area contributed by atoms with Crippen molar-refractivity contribution in [3.8, 4) is 11.5 Å². The highest BCUT2D eigenvalue weighted by molar-refractivity contribution is 5.77. The lowest BCUT2D eigenvalue weighted by Crippen LogP contribution is -2.52. The van der Waals surface area contributed by atoms with Crippen molar-refractivity contribution in [1.29, 1.82) is 0 Å². The Bertz CT molecular complexity index is 490. The molecule has 1 fully saturated rings. The van der Waals surface area contributed by atoms with Crippen LogP contribution in [0.25, 0.3) is 0 Å². The number of nitrogens with one attached hydrogen (secondary N) is 1. The number of carbonyl (C=O) groups is 1. The zero-order chi connectivity index (χ0) is 15.2. The number of ether oxygens (including phenoxy) is 2. The molecule has 1 aliphatic heterocycles. The maximum Gasteiger partial charge on any atom is 0.223 e. The molecule has 0 radical (unpaired) electrons. The van der Waals surface area contributed by atoms with Crippen molar-refractivity contribution in [2.45, 2.75) is 25.8 Å². The standard InChI is InChI=1S/C16H24N2O3/c1-12-11-17-8-9-18(12)16(19)7-4-13-10-14(20-2)5-6-15(13)21-3/h5-6,10,12,17H,4,7-9,11H2,1-3H3/t12-/m0/s1. The molecule has 0 unspecified atom stereocenters. The Labute approximate surface area is 126 Å². The Morgan fingerprint density at radius 2 is 2.19 bits per heavy atom. The van der Waals surface area contributed by atoms with Crippen molar-refractivity contribution in [3.05, 3.63) is 23.8 Å². The molecule has 1 aromatic rings. The van der Waals surface area contributed by atoms with Crippen molar-refractivity contribution in [1.82, 2.24) is 10.2 Å². The van der Waals surface area contributed by atoms with E-state index in [0.717, 1.165) is 36.7 Å². The fourth-order valence-electron chi connectivity index (χ4n) is 2.67. The first-order valence-electron chi connectivity index (χ1n) is 7.36. The highest BCUT2D eigenvalue weighted by atomic mass is 16.5. The van der Waals surface area contributed by atoms with E-state index in [1.807, 2.05) is 23.1 Å². The van der Waals surface area contributed by atoms with Gasteiger partial charge in [-0.15, -0.1) is 0 Å². The van der Waals surface area contributed by atoms with E-state index in [1.54, 1.807) is 14.2 Å². The minimum absolute atomic E-state index is 0.203. The van der Waals surface area contributed by atoms with E-state index in [0.29, 0.717) is 12.8 Å². The number of rotatable bonds is 5. The molecule has 1 aromatic carbocycles. The molecular weight excluding hydrogens is 268 g/mol. The summed E-state index contributed by atoms with van der Waals surface area (Å²) in [6, 6.07) is 5.94. The first kappa shape index (κ1) is 15.6. The SMILES string of the molecule is COc1ccc(OC)c(CCC(=O)N2CCNC[C@@H]2C)c1. The number of amides is 1. The lowest BCUT2D eigenvalue weighted by molar-refractivity contribution is -0.133. The third-order valence-electron chi connectivity index (χ3n) is 3.92. The molecule has 116 valence electrons. The van der Waals surface area contributed by atoms with E-state index in [1.165, 1.54) is 0 Å². The summed E-state index contributed by atoms with van der Waals surface area (Å²) >= 11 is 0. The van der Waals surface area contributed by atoms with Crippen molar-refractivity contribution >= 4 is 5.91 Å². The molecule has 2 rings (SSSR count). The largest absolute Gasteiger partial charge is 0.497 e. The van der Waals surface area contributed by atoms with Crippen LogP contribution in [-0.4, -0.2) is 50.7 Å². The van der Waals surface area contributed by atoms with Crippen molar-refractivity contribution in [2.24, 2.45) is 0 Å². The fraction of sp³-hybridized carbons (Fsp3) is 0.562. The summed E-state index contributed by atoms with van der Waals surface area (Å²) in [5, 5.41) is 3.30. The number of hydrogen-bond donors (Lipinski definition) is 1. The zero-order valence-electron chi connectivity index (χ0n) is 13.0. The lowest BCUT2D eigenvalue weighted by atomic mass is 10.1. The van der Waals surface area contributed by atoms with Gasteiger partial charge in [0, 0.05) is 32.1 Å². The van der Waals surface area contributed by atoms with Crippen LogP contribution in [0.5, 0.6) is 11.5 Å². The number of methoxy groups -OCH3 is 2. The second kappa shape index (κ2) is 7.31. The molecular formula is C16H24N2O3. The van der Waals surface area contributed by atoms with E-state index in [9.17, 15) is 4.79 Å². The molecule has 5 heteroatoms. The lowest BCUT2D eigenvalue weighted by Gasteiger charge is -2.34. The van der Waals surface area contributed by atoms with E-state index in [2.05, 4.69) is 12.2 Å². The van der Waals surface area contributed by atoms with Gasteiger partial charge in [0.15, 0.2) is 0 Å². The van der Waals surface area contributed by atoms with Crippen LogP contribution in [0.3, 0.4) is 0 Å². The molecule has 1 amide bonds. The summed E-state index contributed by atoms with van der Waals surface area (Å²) < 4.78 is 10.6. The van der Waals surface area contributed by atoms with Crippen LogP contribution in [0, 0.1) is 0 Å². The van der Waals surface area contributed by atoms with Crippen LogP contribution >= 0.6 is 0 Å². The minimum atomic E-state index is 0.203. The summed E-state index contributed by atoms with van der Waals surface area (Å²) in [5.74, 6) is 1.79. The summed E-state index contributed by atoms with van der Waals surface area (Å²) in [4.78, 5) is 14.3. The van der Waals surface area contributed by atoms with Gasteiger partial charge in [0.25, 0.3) is 0 Å². The number of aryl methyl sites for hydroxylation is 1. The van der Waals surface area contributed by atoms with Gasteiger partial charge in [0.05, 0.1) is 14.2 Å². The Hall–Kier alpha value is -1.75. The normalized spacial score (nSPS) is 18.4. The topological polar surface area (TPSA) is 50.8 Å². The predicted octanol–water partition coefficient (Wildman–Crippen LogP) is 1.46. The number of piperazine rings is 1. The van der Waals surface area contributed by atoms with Gasteiger partial charge in [-0.2, -0.15) is 0 Å². The van der Waals surface area contributed by atoms with Gasteiger partial charge in [-0.1, -0.05) is 0 Å². The van der Waals surface area contributed by atoms with Crippen LogP contribution in [0.2, 0.25) is 0 Å². The number of nitrogens with zero attached hydrogens (tertiary/aromatic N) is 1. The summed E-state index contributed by atoms with van der Waals surface area (Å²) in [6.45, 7) is 4.61. The van der Waals surface area contributed by atoms with Gasteiger partial charge < -0.3 is 19.7 Å². The van der Waals surface area contributed by atoms with Gasteiger partial charge in [0.1, 0.15) is 11.5 Å². The zero-order valence-corrected chi connectivity index (χ0v) is 13.0. The minimum Gasteiger partial charge on any atom is -0.497 e. The second-order valence-electron chi connectivity index (χ2n) is 5.32. The fourth-order valence-corrected chi connectivity index (χ4v) is 2.67. The molecule has 1 atom stereocenters. The quantitative estimate of drug-likeness (QED) is 0.892. The average Bonchev–Trinajstić information content (AvgIpc) is 2.52. The molecule has 0 aliphatic carbocycles. The molecule has 0 spiro atoms. The van der Waals surface area contributed by atoms with Crippen LogP contribution in [0.1, 0.15) is 18.9 Å². The van der Waals surface area contributed by atoms with Gasteiger partial charge >= 0.3 is 0 Å². The smallest absolute Gasteiger partial charge is 0.223 e. The van der Waals surface area contributed by atoms with Crippen LogP contribution in [0.4, 0.5) is 0 Å². The van der Waals surface area contributed by atoms with E-state index < -0.39 is 0 Å². The van der Waals surface area contributed by atoms with Gasteiger partial charge in [-0.3, -0.25) is 4.79 Å². The molecule has 21 heavy (non-hydrogen) atoms. The molecule has 0 bridgehead atoms. The monoisotopic (exact) mass is 292 g/mol. The predicted molar refractivity (Wildman–Crippen MR) is 81.9 cm³/mol. The van der Waals surface area contributed by atoms with Crippen molar-refractivity contribution in [3.63, 3.8) is 0 Å². The molecule has 1 N–H and O–H groups in total. The van der Waals surface area contributed by atoms with Gasteiger partial charge in [-0.05, 0) is 37.1 Å². The summed E-state index contributed by atoms with van der Waals surface area (Å²) in [6.07, 6.45) is 1.16. The number of carbonyl (C=O) groups excluding carboxylic acids is 1. The first-order valence-corrected chi connectivity index (χ1v) is 7.36. The Morgan fingerprint density at radius 1 is 1.38 bits per heavy atom. The Kier molecular flexibility index (Phi) is 5.44. The van der Waals surface area contributed by atoms with E-state index in [-0.39, 0.29) is 11.9 Å². The van der Waals surface area contributed by atoms with Crippen molar-refractivity contribution in [2.75, 3.05) is 33.9 Å². The summed E-state index contributed by atoms with van der Waals surface area (Å²) in [5.41, 5.74) is 1.01. The molecule has 0 aromatic heterocycles. The third kappa shape index (κ3) is 3.88. The molecule has 1 saturated heterocycles. The number of benzene rings is 1. The molecule has 1 heterocycles. The van der Waals surface area contributed by atoms with Crippen molar-refractivity contribution < 1.29 is 14.3 Å². The van der Waals surface area contributed by atoms with E-state index >= 15 is 0 Å². The molecule has 5 nitrogen and oxygen atoms in total. The highest BCUT2D eigenvalue weighted by Gasteiger charge is 2.22. The highest BCUT2D eigenvalue weighted by Crippen LogP contribution is 2.25. The summed E-state index contributed by atoms with van der Waals surface area (Å²) in [7, 11) is 3.28. The maximum atomic E-state index is 12.4. The maximum absolute atomic E-state index is 12.4. The number of hydrogen-bond acceptors (Lipinski definition) is 4. The first-order chi connectivity index (χ1) is 10.2. The second-order valence-corrected chi connectivity index (χ2v) is 5.32. The van der Waals surface area contributed by atoms with Crippen LogP contribution < -0.4 is 14.8 Å².